The predicted octanol–water partition coefficient (Wildman–Crippen LogP) is 4.09. The second kappa shape index (κ2) is 10.8. The standard InChI is InChI=1S/C19H16Cl2N2O10/c1-3-30-17(24)19(18(25)31-4-2,32-15-7-5-11(20)9-13(15)22(26)27)33-16-8-6-12(21)10-14(16)23(28)29/h5-10H,3-4H2,1-2H3. The molecule has 33 heavy (non-hydrogen) atoms. The van der Waals surface area contributed by atoms with Crippen LogP contribution in [0.4, 0.5) is 11.4 Å². The van der Waals surface area contributed by atoms with Crippen LogP contribution in [0.2, 0.25) is 10.0 Å². The molecule has 2 rings (SSSR count). The zero-order valence-electron chi connectivity index (χ0n) is 17.1. The smallest absolute Gasteiger partial charge is 0.453 e. The Balaban J connectivity index is 2.75. The van der Waals surface area contributed by atoms with Gasteiger partial charge in [-0.25, -0.2) is 9.59 Å². The highest BCUT2D eigenvalue weighted by Crippen LogP contribution is 2.37. The minimum Gasteiger partial charge on any atom is -0.460 e. The third-order valence-corrected chi connectivity index (χ3v) is 4.30. The molecule has 0 bridgehead atoms. The number of benzene rings is 2. The van der Waals surface area contributed by atoms with Crippen molar-refractivity contribution in [2.75, 3.05) is 13.2 Å². The fourth-order valence-corrected chi connectivity index (χ4v) is 2.80. The number of hydrogen-bond donors (Lipinski definition) is 0. The van der Waals surface area contributed by atoms with Gasteiger partial charge in [-0.05, 0) is 38.1 Å². The second-order valence-corrected chi connectivity index (χ2v) is 6.87. The topological polar surface area (TPSA) is 157 Å². The molecule has 0 atom stereocenters. The van der Waals surface area contributed by atoms with Crippen molar-refractivity contribution >= 4 is 46.5 Å². The molecule has 0 saturated carbocycles. The second-order valence-electron chi connectivity index (χ2n) is 6.00. The molecule has 0 aromatic heterocycles. The van der Waals surface area contributed by atoms with Crippen LogP contribution >= 0.6 is 23.2 Å². The molecule has 12 nitrogen and oxygen atoms in total. The summed E-state index contributed by atoms with van der Waals surface area (Å²) < 4.78 is 20.6. The van der Waals surface area contributed by atoms with E-state index in [-0.39, 0.29) is 23.3 Å². The van der Waals surface area contributed by atoms with Gasteiger partial charge in [-0.2, -0.15) is 0 Å². The molecule has 0 unspecified atom stereocenters. The molecule has 0 radical (unpaired) electrons. The molecule has 0 heterocycles. The minimum absolute atomic E-state index is 0.0406. The van der Waals surface area contributed by atoms with Gasteiger partial charge in [0, 0.05) is 22.2 Å². The Morgan fingerprint density at radius 2 is 1.18 bits per heavy atom. The molecule has 0 fully saturated rings. The predicted molar refractivity (Wildman–Crippen MR) is 113 cm³/mol. The van der Waals surface area contributed by atoms with Gasteiger partial charge in [0.15, 0.2) is 0 Å². The van der Waals surface area contributed by atoms with Gasteiger partial charge in [0.25, 0.3) is 0 Å². The van der Waals surface area contributed by atoms with Crippen molar-refractivity contribution < 1.29 is 38.4 Å². The van der Waals surface area contributed by atoms with Crippen molar-refractivity contribution in [2.45, 2.75) is 19.6 Å². The number of carbonyl (C=O) groups excluding carboxylic acids is 2. The number of nitrogens with zero attached hydrogens (tertiary/aromatic N) is 2. The van der Waals surface area contributed by atoms with Gasteiger partial charge in [0.1, 0.15) is 0 Å². The summed E-state index contributed by atoms with van der Waals surface area (Å²) in [7, 11) is 0. The van der Waals surface area contributed by atoms with Crippen molar-refractivity contribution in [3.05, 3.63) is 66.7 Å². The Morgan fingerprint density at radius 3 is 1.48 bits per heavy atom. The fourth-order valence-electron chi connectivity index (χ4n) is 2.47. The number of ether oxygens (including phenoxy) is 4. The molecule has 0 aliphatic heterocycles. The van der Waals surface area contributed by atoms with Crippen molar-refractivity contribution in [3.63, 3.8) is 0 Å². The third kappa shape index (κ3) is 5.79. The maximum Gasteiger partial charge on any atom is 0.453 e. The maximum atomic E-state index is 12.9. The molecule has 0 aliphatic rings. The Bertz CT molecular complexity index is 1010. The molecule has 0 spiro atoms. The van der Waals surface area contributed by atoms with E-state index in [0.717, 1.165) is 24.3 Å². The first-order valence-electron chi connectivity index (χ1n) is 9.16. The SMILES string of the molecule is CCOC(=O)C(Oc1ccc(Cl)cc1[N+](=O)[O-])(Oc1ccc(Cl)cc1[N+](=O)[O-])C(=O)OCC. The summed E-state index contributed by atoms with van der Waals surface area (Å²) in [6.07, 6.45) is 0. The highest BCUT2D eigenvalue weighted by atomic mass is 35.5. The van der Waals surface area contributed by atoms with Gasteiger partial charge in [0.05, 0.1) is 23.1 Å². The van der Waals surface area contributed by atoms with Gasteiger partial charge in [-0.3, -0.25) is 20.2 Å². The Labute approximate surface area is 196 Å². The normalized spacial score (nSPS) is 10.8. The Kier molecular flexibility index (Phi) is 8.38. The Morgan fingerprint density at radius 1 is 0.818 bits per heavy atom. The van der Waals surface area contributed by atoms with Gasteiger partial charge in [-0.1, -0.05) is 23.2 Å². The molecule has 0 N–H and O–H groups in total. The average Bonchev–Trinajstić information content (AvgIpc) is 2.75. The Hall–Kier alpha value is -3.64. The van der Waals surface area contributed by atoms with Crippen molar-refractivity contribution in [3.8, 4) is 11.5 Å². The summed E-state index contributed by atoms with van der Waals surface area (Å²) in [5.41, 5.74) is -1.45. The van der Waals surface area contributed by atoms with E-state index >= 15 is 0 Å². The van der Waals surface area contributed by atoms with Crippen molar-refractivity contribution in [2.24, 2.45) is 0 Å². The van der Waals surface area contributed by atoms with E-state index < -0.39 is 50.4 Å². The molecule has 176 valence electrons. The molecule has 2 aromatic carbocycles. The maximum absolute atomic E-state index is 12.9. The summed E-state index contributed by atoms with van der Waals surface area (Å²) in [5.74, 6) is -7.35. The summed E-state index contributed by atoms with van der Waals surface area (Å²) in [6, 6.07) is 6.21. The number of hydrogen-bond acceptors (Lipinski definition) is 10. The average molecular weight is 503 g/mol. The van der Waals surface area contributed by atoms with Crippen LogP contribution in [-0.4, -0.2) is 40.8 Å². The number of nitro benzene ring substituents is 2. The molecule has 2 aromatic rings. The molecule has 0 aliphatic carbocycles. The van der Waals surface area contributed by atoms with E-state index in [9.17, 15) is 29.8 Å². The van der Waals surface area contributed by atoms with Gasteiger partial charge < -0.3 is 18.9 Å². The molecule has 0 saturated heterocycles. The number of rotatable bonds is 10. The van der Waals surface area contributed by atoms with Crippen molar-refractivity contribution in [1.29, 1.82) is 0 Å². The first-order valence-corrected chi connectivity index (χ1v) is 9.91. The van der Waals surface area contributed by atoms with E-state index in [1.165, 1.54) is 26.0 Å². The molecular formula is C19H16Cl2N2O10. The van der Waals surface area contributed by atoms with Crippen LogP contribution in [0.1, 0.15) is 13.8 Å². The van der Waals surface area contributed by atoms with Crippen LogP contribution in [0.5, 0.6) is 11.5 Å². The lowest BCUT2D eigenvalue weighted by Gasteiger charge is -2.29. The number of halogens is 2. The number of esters is 2. The minimum atomic E-state index is -3.15. The van der Waals surface area contributed by atoms with E-state index in [1.54, 1.807) is 0 Å². The number of nitro groups is 2. The quantitative estimate of drug-likeness (QED) is 0.152. The first kappa shape index (κ1) is 25.6. The van der Waals surface area contributed by atoms with Crippen LogP contribution in [0.15, 0.2) is 36.4 Å². The lowest BCUT2D eigenvalue weighted by Crippen LogP contribution is -2.58. The summed E-state index contributed by atoms with van der Waals surface area (Å²) >= 11 is 11.6. The van der Waals surface area contributed by atoms with E-state index in [1.807, 2.05) is 0 Å². The molecular weight excluding hydrogens is 487 g/mol. The highest BCUT2D eigenvalue weighted by molar-refractivity contribution is 6.31. The monoisotopic (exact) mass is 502 g/mol. The highest BCUT2D eigenvalue weighted by Gasteiger charge is 2.57. The van der Waals surface area contributed by atoms with E-state index in [0.29, 0.717) is 0 Å². The van der Waals surface area contributed by atoms with Crippen LogP contribution < -0.4 is 9.47 Å². The number of carbonyl (C=O) groups is 2. The fraction of sp³-hybridized carbons (Fsp3) is 0.263. The van der Waals surface area contributed by atoms with Crippen LogP contribution in [0.3, 0.4) is 0 Å². The zero-order valence-corrected chi connectivity index (χ0v) is 18.6. The van der Waals surface area contributed by atoms with Gasteiger partial charge in [0.2, 0.25) is 11.5 Å². The van der Waals surface area contributed by atoms with Crippen LogP contribution in [0.25, 0.3) is 0 Å². The molecule has 14 heteroatoms. The largest absolute Gasteiger partial charge is 0.460 e. The molecule has 0 amide bonds. The van der Waals surface area contributed by atoms with Crippen molar-refractivity contribution in [1.82, 2.24) is 0 Å². The summed E-state index contributed by atoms with van der Waals surface area (Å²) in [4.78, 5) is 47.0. The van der Waals surface area contributed by atoms with Crippen LogP contribution in [0, 0.1) is 20.2 Å². The van der Waals surface area contributed by atoms with E-state index in [2.05, 4.69) is 0 Å². The summed E-state index contributed by atoms with van der Waals surface area (Å²) in [6.45, 7) is 2.28. The van der Waals surface area contributed by atoms with E-state index in [4.69, 9.17) is 42.1 Å². The van der Waals surface area contributed by atoms with Crippen LogP contribution in [-0.2, 0) is 19.1 Å². The van der Waals surface area contributed by atoms with Gasteiger partial charge >= 0.3 is 29.1 Å². The summed E-state index contributed by atoms with van der Waals surface area (Å²) in [5, 5.41) is 22.9. The zero-order chi connectivity index (χ0) is 24.8. The lowest BCUT2D eigenvalue weighted by atomic mass is 10.2. The third-order valence-electron chi connectivity index (χ3n) is 3.83. The first-order chi connectivity index (χ1) is 15.5. The lowest BCUT2D eigenvalue weighted by molar-refractivity contribution is -0.387. The van der Waals surface area contributed by atoms with Gasteiger partial charge in [-0.15, -0.1) is 0 Å².